The van der Waals surface area contributed by atoms with Crippen LogP contribution in [0.2, 0.25) is 0 Å². The molecule has 0 saturated carbocycles. The van der Waals surface area contributed by atoms with Crippen LogP contribution in [0.3, 0.4) is 0 Å². The molecule has 0 aliphatic heterocycles. The van der Waals surface area contributed by atoms with Gasteiger partial charge in [-0.3, -0.25) is 9.20 Å². The smallest absolute Gasteiger partial charge is 0.258 e. The first-order valence-electron chi connectivity index (χ1n) is 6.55. The molecule has 3 rings (SSSR count). The van der Waals surface area contributed by atoms with Gasteiger partial charge in [0.2, 0.25) is 0 Å². The molecule has 8 heteroatoms. The zero-order chi connectivity index (χ0) is 15.0. The van der Waals surface area contributed by atoms with Crippen LogP contribution in [0.1, 0.15) is 31.3 Å². The Hall–Kier alpha value is -1.67. The van der Waals surface area contributed by atoms with Gasteiger partial charge in [-0.2, -0.15) is 0 Å². The van der Waals surface area contributed by atoms with Crippen LogP contribution in [0.5, 0.6) is 0 Å². The van der Waals surface area contributed by atoms with Crippen LogP contribution < -0.4 is 5.56 Å². The molecule has 3 aromatic heterocycles. The second-order valence-corrected chi connectivity index (χ2v) is 6.76. The minimum Gasteiger partial charge on any atom is -0.306 e. The summed E-state index contributed by atoms with van der Waals surface area (Å²) in [5.74, 6) is 0.605. The molecule has 6 nitrogen and oxygen atoms in total. The Morgan fingerprint density at radius 2 is 2.24 bits per heavy atom. The molecule has 0 fully saturated rings. The van der Waals surface area contributed by atoms with Gasteiger partial charge in [0.05, 0.1) is 5.69 Å². The molecule has 0 unspecified atom stereocenters. The Morgan fingerprint density at radius 3 is 3.00 bits per heavy atom. The van der Waals surface area contributed by atoms with Crippen LogP contribution in [-0.2, 0) is 5.75 Å². The standard InChI is InChI=1S/C13H15N5OS2/c1-8(2)17-7-14-16-13(17)21-6-10-4-11(19)18-9(3)5-20-12(18)15-10/h4-5,7-8H,6H2,1-3H3. The number of thiazole rings is 1. The number of hydrogen-bond donors (Lipinski definition) is 0. The van der Waals surface area contributed by atoms with Gasteiger partial charge in [0.1, 0.15) is 6.33 Å². The van der Waals surface area contributed by atoms with E-state index in [0.717, 1.165) is 21.5 Å². The molecule has 0 atom stereocenters. The van der Waals surface area contributed by atoms with Gasteiger partial charge in [-0.05, 0) is 20.8 Å². The molecule has 21 heavy (non-hydrogen) atoms. The molecule has 110 valence electrons. The van der Waals surface area contributed by atoms with E-state index in [9.17, 15) is 4.79 Å². The number of rotatable bonds is 4. The van der Waals surface area contributed by atoms with Crippen molar-refractivity contribution in [2.24, 2.45) is 0 Å². The molecule has 0 aromatic carbocycles. The topological polar surface area (TPSA) is 65.1 Å². The quantitative estimate of drug-likeness (QED) is 0.691. The lowest BCUT2D eigenvalue weighted by Gasteiger charge is -2.09. The summed E-state index contributed by atoms with van der Waals surface area (Å²) >= 11 is 3.03. The van der Waals surface area contributed by atoms with Gasteiger partial charge < -0.3 is 4.57 Å². The molecule has 0 saturated heterocycles. The van der Waals surface area contributed by atoms with E-state index in [-0.39, 0.29) is 5.56 Å². The lowest BCUT2D eigenvalue weighted by Crippen LogP contribution is -2.14. The minimum atomic E-state index is -0.0281. The molecule has 0 aliphatic carbocycles. The van der Waals surface area contributed by atoms with Crippen LogP contribution >= 0.6 is 23.1 Å². The summed E-state index contributed by atoms with van der Waals surface area (Å²) in [4.78, 5) is 17.4. The van der Waals surface area contributed by atoms with Crippen molar-refractivity contribution in [3.05, 3.63) is 39.5 Å². The van der Waals surface area contributed by atoms with Gasteiger partial charge in [-0.15, -0.1) is 21.5 Å². The summed E-state index contributed by atoms with van der Waals surface area (Å²) in [5.41, 5.74) is 1.66. The lowest BCUT2D eigenvalue weighted by atomic mass is 10.4. The Bertz CT molecular complexity index is 833. The SMILES string of the molecule is Cc1csc2nc(CSc3nncn3C(C)C)cc(=O)n12. The average Bonchev–Trinajstić information content (AvgIpc) is 3.03. The van der Waals surface area contributed by atoms with Gasteiger partial charge >= 0.3 is 0 Å². The Morgan fingerprint density at radius 1 is 1.43 bits per heavy atom. The summed E-state index contributed by atoms with van der Waals surface area (Å²) in [7, 11) is 0. The van der Waals surface area contributed by atoms with E-state index in [1.54, 1.807) is 28.6 Å². The van der Waals surface area contributed by atoms with Crippen molar-refractivity contribution in [3.63, 3.8) is 0 Å². The highest BCUT2D eigenvalue weighted by molar-refractivity contribution is 7.98. The van der Waals surface area contributed by atoms with Crippen molar-refractivity contribution >= 4 is 28.1 Å². The van der Waals surface area contributed by atoms with E-state index >= 15 is 0 Å². The van der Waals surface area contributed by atoms with Crippen LogP contribution in [0.4, 0.5) is 0 Å². The predicted molar refractivity (Wildman–Crippen MR) is 84.0 cm³/mol. The number of aromatic nitrogens is 5. The van der Waals surface area contributed by atoms with Crippen molar-refractivity contribution in [1.82, 2.24) is 24.1 Å². The largest absolute Gasteiger partial charge is 0.306 e. The highest BCUT2D eigenvalue weighted by Crippen LogP contribution is 2.22. The normalized spacial score (nSPS) is 11.6. The van der Waals surface area contributed by atoms with Gasteiger partial charge in [-0.25, -0.2) is 4.98 Å². The molecular formula is C13H15N5OS2. The second kappa shape index (κ2) is 5.61. The molecular weight excluding hydrogens is 306 g/mol. The van der Waals surface area contributed by atoms with Crippen LogP contribution in [0.15, 0.2) is 27.7 Å². The van der Waals surface area contributed by atoms with E-state index < -0.39 is 0 Å². The molecule has 0 bridgehead atoms. The molecule has 0 amide bonds. The maximum absolute atomic E-state index is 12.1. The summed E-state index contributed by atoms with van der Waals surface area (Å²) in [6.07, 6.45) is 1.72. The highest BCUT2D eigenvalue weighted by atomic mass is 32.2. The zero-order valence-corrected chi connectivity index (χ0v) is 13.6. The molecule has 0 radical (unpaired) electrons. The maximum Gasteiger partial charge on any atom is 0.258 e. The summed E-state index contributed by atoms with van der Waals surface area (Å²) in [6, 6.07) is 1.90. The fourth-order valence-electron chi connectivity index (χ4n) is 2.00. The van der Waals surface area contributed by atoms with Crippen LogP contribution in [0.25, 0.3) is 4.96 Å². The van der Waals surface area contributed by atoms with Gasteiger partial charge in [-0.1, -0.05) is 11.8 Å². The minimum absolute atomic E-state index is 0.0281. The Kier molecular flexibility index (Phi) is 3.81. The van der Waals surface area contributed by atoms with Crippen molar-refractivity contribution in [2.75, 3.05) is 0 Å². The van der Waals surface area contributed by atoms with E-state index in [1.807, 2.05) is 16.9 Å². The number of fused-ring (bicyclic) bond motifs is 1. The molecule has 3 aromatic rings. The second-order valence-electron chi connectivity index (χ2n) is 4.98. The summed E-state index contributed by atoms with van der Waals surface area (Å²) in [5, 5.41) is 10.8. The number of hydrogen-bond acceptors (Lipinski definition) is 6. The number of thioether (sulfide) groups is 1. The Balaban J connectivity index is 1.85. The Labute approximate surface area is 129 Å². The summed E-state index contributed by atoms with van der Waals surface area (Å²) in [6.45, 7) is 6.07. The first-order valence-corrected chi connectivity index (χ1v) is 8.42. The first-order chi connectivity index (χ1) is 10.1. The molecule has 0 spiro atoms. The van der Waals surface area contributed by atoms with Crippen LogP contribution in [-0.4, -0.2) is 24.1 Å². The van der Waals surface area contributed by atoms with Crippen LogP contribution in [0, 0.1) is 6.92 Å². The van der Waals surface area contributed by atoms with E-state index in [0.29, 0.717) is 11.8 Å². The first kappa shape index (κ1) is 14.3. The van der Waals surface area contributed by atoms with Gasteiger partial charge in [0, 0.05) is 28.9 Å². The third-order valence-electron chi connectivity index (χ3n) is 3.07. The zero-order valence-electron chi connectivity index (χ0n) is 12.0. The van der Waals surface area contributed by atoms with E-state index in [4.69, 9.17) is 0 Å². The van der Waals surface area contributed by atoms with Gasteiger partial charge in [0.25, 0.3) is 5.56 Å². The van der Waals surface area contributed by atoms with Crippen molar-refractivity contribution in [2.45, 2.75) is 37.7 Å². The average molecular weight is 321 g/mol. The fraction of sp³-hybridized carbons (Fsp3) is 0.385. The molecule has 0 N–H and O–H groups in total. The predicted octanol–water partition coefficient (Wildman–Crippen LogP) is 2.53. The van der Waals surface area contributed by atoms with Crippen molar-refractivity contribution in [1.29, 1.82) is 0 Å². The molecule has 3 heterocycles. The third kappa shape index (κ3) is 2.73. The van der Waals surface area contributed by atoms with E-state index in [1.165, 1.54) is 11.3 Å². The lowest BCUT2D eigenvalue weighted by molar-refractivity contribution is 0.549. The highest BCUT2D eigenvalue weighted by Gasteiger charge is 2.10. The van der Waals surface area contributed by atoms with Crippen molar-refractivity contribution in [3.8, 4) is 0 Å². The van der Waals surface area contributed by atoms with E-state index in [2.05, 4.69) is 29.0 Å². The van der Waals surface area contributed by atoms with Gasteiger partial charge in [0.15, 0.2) is 10.1 Å². The number of aryl methyl sites for hydroxylation is 1. The maximum atomic E-state index is 12.1. The number of nitrogens with zero attached hydrogens (tertiary/aromatic N) is 5. The molecule has 0 aliphatic rings. The third-order valence-corrected chi connectivity index (χ3v) is 5.01. The monoisotopic (exact) mass is 321 g/mol. The van der Waals surface area contributed by atoms with Crippen molar-refractivity contribution < 1.29 is 0 Å². The summed E-state index contributed by atoms with van der Waals surface area (Å²) < 4.78 is 3.64. The fourth-order valence-corrected chi connectivity index (χ4v) is 3.83.